The average molecular weight is 278 g/mol. The highest BCUT2D eigenvalue weighted by atomic mass is 32.2. The summed E-state index contributed by atoms with van der Waals surface area (Å²) in [4.78, 5) is 25.0. The number of rotatable bonds is 4. The van der Waals surface area contributed by atoms with Gasteiger partial charge in [0.1, 0.15) is 0 Å². The topological polar surface area (TPSA) is 49.4 Å². The molecular formula is C14H18N2O2S. The summed E-state index contributed by atoms with van der Waals surface area (Å²) < 4.78 is 0. The van der Waals surface area contributed by atoms with Gasteiger partial charge in [-0.2, -0.15) is 0 Å². The van der Waals surface area contributed by atoms with E-state index in [9.17, 15) is 9.59 Å². The van der Waals surface area contributed by atoms with Gasteiger partial charge in [0.15, 0.2) is 0 Å². The maximum Gasteiger partial charge on any atom is 0.232 e. The van der Waals surface area contributed by atoms with Crippen LogP contribution in [0.4, 0.5) is 0 Å². The number of thioether (sulfide) groups is 1. The predicted molar refractivity (Wildman–Crippen MR) is 76.8 cm³/mol. The van der Waals surface area contributed by atoms with Gasteiger partial charge in [-0.05, 0) is 5.56 Å². The van der Waals surface area contributed by atoms with E-state index in [-0.39, 0.29) is 11.8 Å². The van der Waals surface area contributed by atoms with Gasteiger partial charge in [-0.15, -0.1) is 11.8 Å². The van der Waals surface area contributed by atoms with E-state index in [0.29, 0.717) is 31.8 Å². The number of amides is 2. The molecule has 1 aromatic carbocycles. The van der Waals surface area contributed by atoms with Gasteiger partial charge in [-0.3, -0.25) is 9.59 Å². The van der Waals surface area contributed by atoms with E-state index in [1.807, 2.05) is 18.2 Å². The Morgan fingerprint density at radius 2 is 2.05 bits per heavy atom. The second kappa shape index (κ2) is 7.19. The number of benzene rings is 1. The first-order valence-electron chi connectivity index (χ1n) is 6.42. The van der Waals surface area contributed by atoms with Crippen LogP contribution in [-0.2, 0) is 15.3 Å². The molecule has 0 aromatic heterocycles. The minimum absolute atomic E-state index is 0.0345. The average Bonchev–Trinajstić information content (AvgIpc) is 2.65. The number of carbonyl (C=O) groups excluding carboxylic acids is 2. The number of hydrogen-bond donors (Lipinski definition) is 1. The fraction of sp³-hybridized carbons (Fsp3) is 0.429. The Bertz CT molecular complexity index is 436. The van der Waals surface area contributed by atoms with Crippen LogP contribution in [0.1, 0.15) is 12.0 Å². The summed E-state index contributed by atoms with van der Waals surface area (Å²) in [5.41, 5.74) is 1.23. The Balaban J connectivity index is 1.73. The Morgan fingerprint density at radius 3 is 2.84 bits per heavy atom. The van der Waals surface area contributed by atoms with Crippen molar-refractivity contribution >= 4 is 23.6 Å². The monoisotopic (exact) mass is 278 g/mol. The van der Waals surface area contributed by atoms with Crippen LogP contribution in [0.5, 0.6) is 0 Å². The third kappa shape index (κ3) is 4.59. The van der Waals surface area contributed by atoms with Gasteiger partial charge in [0.25, 0.3) is 0 Å². The van der Waals surface area contributed by atoms with Gasteiger partial charge < -0.3 is 10.2 Å². The molecule has 0 bridgehead atoms. The van der Waals surface area contributed by atoms with Crippen molar-refractivity contribution in [1.82, 2.24) is 10.2 Å². The summed E-state index contributed by atoms with van der Waals surface area (Å²) in [5.74, 6) is 1.48. The van der Waals surface area contributed by atoms with Crippen molar-refractivity contribution < 1.29 is 9.59 Å². The normalized spacial score (nSPS) is 15.8. The second-order valence-corrected chi connectivity index (χ2v) is 5.44. The van der Waals surface area contributed by atoms with E-state index in [1.54, 1.807) is 16.7 Å². The molecule has 1 fully saturated rings. The molecule has 1 aromatic rings. The molecule has 0 saturated carbocycles. The van der Waals surface area contributed by atoms with Crippen LogP contribution in [0.15, 0.2) is 30.3 Å². The Hall–Kier alpha value is -1.49. The van der Waals surface area contributed by atoms with Crippen LogP contribution in [0.2, 0.25) is 0 Å². The van der Waals surface area contributed by atoms with Crippen LogP contribution in [-0.4, -0.2) is 42.1 Å². The third-order valence-electron chi connectivity index (χ3n) is 3.00. The van der Waals surface area contributed by atoms with Gasteiger partial charge in [0.2, 0.25) is 11.8 Å². The van der Waals surface area contributed by atoms with E-state index in [1.165, 1.54) is 5.56 Å². The number of nitrogens with one attached hydrogen (secondary N) is 1. The van der Waals surface area contributed by atoms with Gasteiger partial charge >= 0.3 is 0 Å². The molecule has 1 aliphatic rings. The van der Waals surface area contributed by atoms with E-state index in [2.05, 4.69) is 17.4 Å². The fourth-order valence-corrected chi connectivity index (χ4v) is 2.83. The smallest absolute Gasteiger partial charge is 0.232 e. The first kappa shape index (κ1) is 13.9. The van der Waals surface area contributed by atoms with Crippen molar-refractivity contribution in [3.05, 3.63) is 35.9 Å². The molecule has 4 nitrogen and oxygen atoms in total. The molecule has 2 rings (SSSR count). The minimum atomic E-state index is 0.0345. The summed E-state index contributed by atoms with van der Waals surface area (Å²) in [5, 5.41) is 2.77. The summed E-state index contributed by atoms with van der Waals surface area (Å²) in [6.45, 7) is 1.72. The summed E-state index contributed by atoms with van der Waals surface area (Å²) in [6, 6.07) is 10.1. The maximum atomic E-state index is 12.0. The zero-order chi connectivity index (χ0) is 13.5. The van der Waals surface area contributed by atoms with Crippen molar-refractivity contribution in [3.8, 4) is 0 Å². The number of carbonyl (C=O) groups is 2. The third-order valence-corrected chi connectivity index (χ3v) is 3.99. The van der Waals surface area contributed by atoms with Gasteiger partial charge in [-0.1, -0.05) is 30.3 Å². The molecule has 1 aliphatic heterocycles. The molecule has 0 aliphatic carbocycles. The highest BCUT2D eigenvalue weighted by Gasteiger charge is 2.17. The van der Waals surface area contributed by atoms with E-state index in [4.69, 9.17) is 0 Å². The molecular weight excluding hydrogens is 260 g/mol. The first-order chi connectivity index (χ1) is 9.25. The molecule has 1 saturated heterocycles. The van der Waals surface area contributed by atoms with E-state index >= 15 is 0 Å². The van der Waals surface area contributed by atoms with Crippen molar-refractivity contribution in [2.75, 3.05) is 25.4 Å². The fourth-order valence-electron chi connectivity index (χ4n) is 1.94. The largest absolute Gasteiger partial charge is 0.354 e. The van der Waals surface area contributed by atoms with Crippen molar-refractivity contribution in [1.29, 1.82) is 0 Å². The van der Waals surface area contributed by atoms with Crippen LogP contribution in [0.25, 0.3) is 0 Å². The Labute approximate surface area is 117 Å². The lowest BCUT2D eigenvalue weighted by Gasteiger charge is -2.19. The molecule has 1 heterocycles. The highest BCUT2D eigenvalue weighted by Crippen LogP contribution is 2.12. The van der Waals surface area contributed by atoms with Crippen LogP contribution < -0.4 is 5.32 Å². The molecule has 0 unspecified atom stereocenters. The van der Waals surface area contributed by atoms with Crippen molar-refractivity contribution in [3.63, 3.8) is 0 Å². The molecule has 5 heteroatoms. The molecule has 2 amide bonds. The first-order valence-corrected chi connectivity index (χ1v) is 7.57. The number of hydrogen-bond acceptors (Lipinski definition) is 3. The SMILES string of the molecule is O=C1CCN(C(=O)CSCc2ccccc2)CCN1. The minimum Gasteiger partial charge on any atom is -0.354 e. The van der Waals surface area contributed by atoms with Gasteiger partial charge in [-0.25, -0.2) is 0 Å². The molecule has 0 spiro atoms. The Morgan fingerprint density at radius 1 is 1.26 bits per heavy atom. The molecule has 19 heavy (non-hydrogen) atoms. The lowest BCUT2D eigenvalue weighted by molar-refractivity contribution is -0.128. The lowest BCUT2D eigenvalue weighted by Crippen LogP contribution is -2.35. The lowest BCUT2D eigenvalue weighted by atomic mass is 10.2. The quantitative estimate of drug-likeness (QED) is 0.902. The predicted octanol–water partition coefficient (Wildman–Crippen LogP) is 1.27. The van der Waals surface area contributed by atoms with Crippen molar-refractivity contribution in [2.45, 2.75) is 12.2 Å². The molecule has 1 N–H and O–H groups in total. The van der Waals surface area contributed by atoms with E-state index < -0.39 is 0 Å². The zero-order valence-electron chi connectivity index (χ0n) is 10.8. The second-order valence-electron chi connectivity index (χ2n) is 4.46. The summed E-state index contributed by atoms with van der Waals surface area (Å²) >= 11 is 1.62. The van der Waals surface area contributed by atoms with Crippen LogP contribution in [0, 0.1) is 0 Å². The summed E-state index contributed by atoms with van der Waals surface area (Å²) in [6.07, 6.45) is 0.412. The molecule has 0 atom stereocenters. The maximum absolute atomic E-state index is 12.0. The van der Waals surface area contributed by atoms with E-state index in [0.717, 1.165) is 5.75 Å². The Kier molecular flexibility index (Phi) is 5.27. The van der Waals surface area contributed by atoms with Crippen molar-refractivity contribution in [2.24, 2.45) is 0 Å². The number of nitrogens with zero attached hydrogens (tertiary/aromatic N) is 1. The van der Waals surface area contributed by atoms with Gasteiger partial charge in [0.05, 0.1) is 5.75 Å². The highest BCUT2D eigenvalue weighted by molar-refractivity contribution is 7.99. The summed E-state index contributed by atoms with van der Waals surface area (Å²) in [7, 11) is 0. The molecule has 102 valence electrons. The zero-order valence-corrected chi connectivity index (χ0v) is 11.6. The van der Waals surface area contributed by atoms with Gasteiger partial charge in [0, 0.05) is 31.8 Å². The van der Waals surface area contributed by atoms with Crippen LogP contribution in [0.3, 0.4) is 0 Å². The van der Waals surface area contributed by atoms with Crippen LogP contribution >= 0.6 is 11.8 Å². The standard InChI is InChI=1S/C14H18N2O2S/c17-13-6-8-16(9-7-15-13)14(18)11-19-10-12-4-2-1-3-5-12/h1-5H,6-11H2,(H,15,17). The molecule has 0 radical (unpaired) electrons.